The standard InChI is InChI=1S/C33H31F3N2O6/c1-32(2,41)31-37-30(38-44-31)20-5-3-19(4-6-20)29-25-9-7-18(23(25)11-12-26(29)33(34,35)36)13-14-42-22-8-10-24-21(15-28(39)40)17-43-27(24)16-22/h3-6,8,10-12,16,18,21,41H,7,9,13-15,17H2,1-2H3,(H,39,40). The van der Waals surface area contributed by atoms with Crippen LogP contribution in [0.15, 0.2) is 59.1 Å². The van der Waals surface area contributed by atoms with E-state index in [-0.39, 0.29) is 35.5 Å². The van der Waals surface area contributed by atoms with Crippen LogP contribution in [0.3, 0.4) is 0 Å². The molecule has 0 amide bonds. The van der Waals surface area contributed by atoms with E-state index in [0.717, 1.165) is 11.1 Å². The Morgan fingerprint density at radius 2 is 1.75 bits per heavy atom. The number of benzene rings is 3. The molecule has 2 N–H and O–H groups in total. The maximum atomic E-state index is 14.2. The molecule has 2 aliphatic rings. The minimum Gasteiger partial charge on any atom is -0.493 e. The van der Waals surface area contributed by atoms with Gasteiger partial charge < -0.3 is 24.2 Å². The number of hydrogen-bond donors (Lipinski definition) is 2. The Morgan fingerprint density at radius 3 is 2.43 bits per heavy atom. The minimum absolute atomic E-state index is 0.000754. The van der Waals surface area contributed by atoms with Crippen LogP contribution in [0.5, 0.6) is 11.5 Å². The number of fused-ring (bicyclic) bond motifs is 2. The van der Waals surface area contributed by atoms with Gasteiger partial charge in [-0.05, 0) is 73.4 Å². The average molecular weight is 609 g/mol. The number of aliphatic hydroxyl groups is 1. The largest absolute Gasteiger partial charge is 0.493 e. The number of aliphatic carboxylic acids is 1. The highest BCUT2D eigenvalue weighted by Crippen LogP contribution is 2.47. The number of carboxylic acid groups (broad SMARTS) is 1. The smallest absolute Gasteiger partial charge is 0.417 e. The molecule has 11 heteroatoms. The zero-order valence-corrected chi connectivity index (χ0v) is 24.1. The van der Waals surface area contributed by atoms with Crippen LogP contribution in [0.2, 0.25) is 0 Å². The van der Waals surface area contributed by atoms with Gasteiger partial charge in [0.1, 0.15) is 17.1 Å². The summed E-state index contributed by atoms with van der Waals surface area (Å²) in [6.45, 7) is 3.71. The molecule has 4 aromatic rings. The summed E-state index contributed by atoms with van der Waals surface area (Å²) in [4.78, 5) is 15.3. The number of alkyl halides is 3. The average Bonchev–Trinajstić information content (AvgIpc) is 3.71. The lowest BCUT2D eigenvalue weighted by Gasteiger charge is -2.19. The van der Waals surface area contributed by atoms with Crippen molar-refractivity contribution in [1.29, 1.82) is 0 Å². The first-order chi connectivity index (χ1) is 20.9. The van der Waals surface area contributed by atoms with Crippen molar-refractivity contribution in [1.82, 2.24) is 10.1 Å². The van der Waals surface area contributed by atoms with E-state index < -0.39 is 23.3 Å². The molecule has 0 fully saturated rings. The van der Waals surface area contributed by atoms with Crippen molar-refractivity contribution >= 4 is 5.97 Å². The van der Waals surface area contributed by atoms with E-state index in [1.165, 1.54) is 19.9 Å². The van der Waals surface area contributed by atoms with Gasteiger partial charge in [-0.2, -0.15) is 18.2 Å². The van der Waals surface area contributed by atoms with Crippen LogP contribution in [-0.4, -0.2) is 39.5 Å². The fourth-order valence-corrected chi connectivity index (χ4v) is 6.08. The molecular formula is C33H31F3N2O6. The number of hydrogen-bond acceptors (Lipinski definition) is 7. The lowest BCUT2D eigenvalue weighted by molar-refractivity contribution is -0.138. The normalized spacial score (nSPS) is 17.7. The summed E-state index contributed by atoms with van der Waals surface area (Å²) in [6.07, 6.45) is -2.69. The molecular weight excluding hydrogens is 577 g/mol. The third-order valence-corrected chi connectivity index (χ3v) is 8.24. The Kier molecular flexibility index (Phi) is 7.61. The van der Waals surface area contributed by atoms with E-state index in [2.05, 4.69) is 10.1 Å². The molecule has 0 saturated carbocycles. The van der Waals surface area contributed by atoms with Crippen LogP contribution in [0.4, 0.5) is 13.2 Å². The zero-order chi connectivity index (χ0) is 31.2. The van der Waals surface area contributed by atoms with Gasteiger partial charge in [0, 0.05) is 23.1 Å². The van der Waals surface area contributed by atoms with Crippen LogP contribution in [0, 0.1) is 0 Å². The first kappa shape index (κ1) is 29.7. The SMILES string of the molecule is CC(C)(O)c1nc(-c2ccc(-c3c(C(F)(F)F)ccc4c3CCC4CCOc3ccc4c(c3)OCC4CC(=O)O)cc2)no1. The first-order valence-corrected chi connectivity index (χ1v) is 14.4. The summed E-state index contributed by atoms with van der Waals surface area (Å²) < 4.78 is 59.4. The molecule has 230 valence electrons. The molecule has 6 rings (SSSR count). The molecule has 0 bridgehead atoms. The summed E-state index contributed by atoms with van der Waals surface area (Å²) in [6, 6.07) is 14.7. The number of carbonyl (C=O) groups is 1. The van der Waals surface area contributed by atoms with Gasteiger partial charge in [0.2, 0.25) is 5.82 Å². The number of rotatable bonds is 9. The highest BCUT2D eigenvalue weighted by molar-refractivity contribution is 5.76. The van der Waals surface area contributed by atoms with E-state index in [9.17, 15) is 23.1 Å². The van der Waals surface area contributed by atoms with Gasteiger partial charge in [0.15, 0.2) is 0 Å². The van der Waals surface area contributed by atoms with Crippen molar-refractivity contribution in [3.63, 3.8) is 0 Å². The fourth-order valence-electron chi connectivity index (χ4n) is 6.08. The summed E-state index contributed by atoms with van der Waals surface area (Å²) in [7, 11) is 0. The summed E-state index contributed by atoms with van der Waals surface area (Å²) >= 11 is 0. The van der Waals surface area contributed by atoms with Crippen molar-refractivity contribution < 1.29 is 42.2 Å². The van der Waals surface area contributed by atoms with Crippen LogP contribution >= 0.6 is 0 Å². The lowest BCUT2D eigenvalue weighted by Crippen LogP contribution is -2.15. The Balaban J connectivity index is 1.20. The highest BCUT2D eigenvalue weighted by atomic mass is 19.4. The van der Waals surface area contributed by atoms with E-state index in [4.69, 9.17) is 19.1 Å². The van der Waals surface area contributed by atoms with E-state index in [0.29, 0.717) is 60.7 Å². The first-order valence-electron chi connectivity index (χ1n) is 14.4. The van der Waals surface area contributed by atoms with Gasteiger partial charge in [-0.15, -0.1) is 0 Å². The van der Waals surface area contributed by atoms with E-state index in [1.54, 1.807) is 42.5 Å². The maximum absolute atomic E-state index is 14.2. The Morgan fingerprint density at radius 1 is 1.02 bits per heavy atom. The van der Waals surface area contributed by atoms with Crippen molar-refractivity contribution in [2.45, 2.75) is 63.1 Å². The molecule has 0 saturated heterocycles. The van der Waals surface area contributed by atoms with Crippen molar-refractivity contribution in [2.24, 2.45) is 0 Å². The minimum atomic E-state index is -4.53. The highest BCUT2D eigenvalue weighted by Gasteiger charge is 2.37. The van der Waals surface area contributed by atoms with Gasteiger partial charge in [-0.1, -0.05) is 41.6 Å². The number of carboxylic acids is 1. The zero-order valence-electron chi connectivity index (χ0n) is 24.1. The summed E-state index contributed by atoms with van der Waals surface area (Å²) in [5.41, 5.74) is 1.62. The second-order valence-corrected chi connectivity index (χ2v) is 11.8. The van der Waals surface area contributed by atoms with Gasteiger partial charge in [-0.3, -0.25) is 4.79 Å². The number of aromatic nitrogens is 2. The second kappa shape index (κ2) is 11.3. The van der Waals surface area contributed by atoms with Crippen molar-refractivity contribution in [3.05, 3.63) is 82.7 Å². The van der Waals surface area contributed by atoms with Crippen LogP contribution in [-0.2, 0) is 23.0 Å². The lowest BCUT2D eigenvalue weighted by atomic mass is 9.89. The predicted octanol–water partition coefficient (Wildman–Crippen LogP) is 7.10. The second-order valence-electron chi connectivity index (χ2n) is 11.8. The molecule has 44 heavy (non-hydrogen) atoms. The third kappa shape index (κ3) is 5.88. The Hall–Kier alpha value is -4.38. The molecule has 8 nitrogen and oxygen atoms in total. The summed E-state index contributed by atoms with van der Waals surface area (Å²) in [5.74, 6) is 0.463. The maximum Gasteiger partial charge on any atom is 0.417 e. The molecule has 2 heterocycles. The Labute approximate surface area is 251 Å². The predicted molar refractivity (Wildman–Crippen MR) is 154 cm³/mol. The number of halogens is 3. The van der Waals surface area contributed by atoms with Gasteiger partial charge in [0.05, 0.1) is 25.2 Å². The summed E-state index contributed by atoms with van der Waals surface area (Å²) in [5, 5.41) is 23.1. The molecule has 2 unspecified atom stereocenters. The van der Waals surface area contributed by atoms with Gasteiger partial charge in [0.25, 0.3) is 5.89 Å². The van der Waals surface area contributed by atoms with Crippen LogP contribution in [0.25, 0.3) is 22.5 Å². The molecule has 1 aliphatic heterocycles. The van der Waals surface area contributed by atoms with Gasteiger partial charge >= 0.3 is 12.1 Å². The van der Waals surface area contributed by atoms with Crippen molar-refractivity contribution in [2.75, 3.05) is 13.2 Å². The van der Waals surface area contributed by atoms with E-state index in [1.807, 2.05) is 6.07 Å². The number of ether oxygens (including phenoxy) is 2. The van der Waals surface area contributed by atoms with Gasteiger partial charge in [-0.25, -0.2) is 0 Å². The van der Waals surface area contributed by atoms with Crippen molar-refractivity contribution in [3.8, 4) is 34.0 Å². The van der Waals surface area contributed by atoms with Crippen LogP contribution < -0.4 is 9.47 Å². The molecule has 0 radical (unpaired) electrons. The van der Waals surface area contributed by atoms with Crippen LogP contribution in [0.1, 0.15) is 73.1 Å². The quantitative estimate of drug-likeness (QED) is 0.207. The topological polar surface area (TPSA) is 115 Å². The molecule has 0 spiro atoms. The Bertz CT molecular complexity index is 1690. The molecule has 2 atom stereocenters. The third-order valence-electron chi connectivity index (χ3n) is 8.24. The molecule has 3 aromatic carbocycles. The molecule has 1 aliphatic carbocycles. The monoisotopic (exact) mass is 608 g/mol. The van der Waals surface area contributed by atoms with E-state index >= 15 is 0 Å². The fraction of sp³-hybridized carbons (Fsp3) is 0.364. The number of nitrogens with zero attached hydrogens (tertiary/aromatic N) is 2. The molecule has 1 aromatic heterocycles.